The van der Waals surface area contributed by atoms with Crippen molar-refractivity contribution in [2.75, 3.05) is 6.54 Å². The second-order valence-corrected chi connectivity index (χ2v) is 8.75. The van der Waals surface area contributed by atoms with E-state index in [9.17, 15) is 0 Å². The Hall–Kier alpha value is -0.380. The predicted octanol–water partition coefficient (Wildman–Crippen LogP) is 5.76. The summed E-state index contributed by atoms with van der Waals surface area (Å²) in [7, 11) is 0. The van der Waals surface area contributed by atoms with E-state index in [1.807, 2.05) is 11.3 Å². The maximum absolute atomic E-state index is 3.66. The van der Waals surface area contributed by atoms with E-state index in [0.29, 0.717) is 5.41 Å². The Bertz CT molecular complexity index is 613. The van der Waals surface area contributed by atoms with Gasteiger partial charge in [0.1, 0.15) is 0 Å². The number of rotatable bonds is 7. The minimum absolute atomic E-state index is 0.419. The first-order valence-electron chi connectivity index (χ1n) is 7.93. The predicted molar refractivity (Wildman–Crippen MR) is 97.3 cm³/mol. The van der Waals surface area contributed by atoms with Gasteiger partial charge in [-0.05, 0) is 82.4 Å². The Kier molecular flexibility index (Phi) is 4.72. The topological polar surface area (TPSA) is 12.0 Å². The van der Waals surface area contributed by atoms with E-state index in [1.165, 1.54) is 58.8 Å². The molecule has 1 N–H and O–H groups in total. The van der Waals surface area contributed by atoms with Crippen molar-refractivity contribution < 1.29 is 0 Å². The lowest BCUT2D eigenvalue weighted by atomic mass is 9.83. The number of hydrogen-bond donors (Lipinski definition) is 1. The summed E-state index contributed by atoms with van der Waals surface area (Å²) in [6, 6.07) is 7.37. The first kappa shape index (κ1) is 15.5. The van der Waals surface area contributed by atoms with E-state index in [1.54, 1.807) is 0 Å². The quantitative estimate of drug-likeness (QED) is 0.656. The lowest BCUT2D eigenvalue weighted by molar-refractivity contribution is 0.302. The molecule has 1 aliphatic rings. The molecule has 1 aromatic heterocycles. The molecule has 1 fully saturated rings. The van der Waals surface area contributed by atoms with Crippen molar-refractivity contribution in [3.8, 4) is 0 Å². The van der Waals surface area contributed by atoms with Gasteiger partial charge in [0.25, 0.3) is 0 Å². The van der Waals surface area contributed by atoms with Crippen LogP contribution in [-0.2, 0) is 6.42 Å². The van der Waals surface area contributed by atoms with Gasteiger partial charge in [-0.15, -0.1) is 11.3 Å². The number of halogens is 1. The van der Waals surface area contributed by atoms with Crippen LogP contribution in [0.1, 0.15) is 45.1 Å². The number of benzene rings is 1. The highest BCUT2D eigenvalue weighted by Crippen LogP contribution is 2.35. The van der Waals surface area contributed by atoms with Gasteiger partial charge in [-0.3, -0.25) is 0 Å². The highest BCUT2D eigenvalue weighted by molar-refractivity contribution is 9.10. The first-order valence-corrected chi connectivity index (χ1v) is 9.60. The lowest BCUT2D eigenvalue weighted by Crippen LogP contribution is -2.24. The molecule has 1 saturated carbocycles. The molecule has 114 valence electrons. The SMILES string of the molecule is CC(C)(CCNC1CC1)CCc1csc2c(Br)cccc12. The van der Waals surface area contributed by atoms with Crippen molar-refractivity contribution in [1.29, 1.82) is 0 Å². The summed E-state index contributed by atoms with van der Waals surface area (Å²) in [6.07, 6.45) is 6.49. The molecule has 0 bridgehead atoms. The summed E-state index contributed by atoms with van der Waals surface area (Å²) in [4.78, 5) is 0. The molecule has 0 atom stereocenters. The molecule has 1 nitrogen and oxygen atoms in total. The van der Waals surface area contributed by atoms with Gasteiger partial charge < -0.3 is 5.32 Å². The van der Waals surface area contributed by atoms with E-state index in [0.717, 1.165) is 6.04 Å². The van der Waals surface area contributed by atoms with Gasteiger partial charge >= 0.3 is 0 Å². The molecule has 0 amide bonds. The van der Waals surface area contributed by atoms with Crippen LogP contribution >= 0.6 is 27.3 Å². The van der Waals surface area contributed by atoms with E-state index in [4.69, 9.17) is 0 Å². The third-order valence-corrected chi connectivity index (χ3v) is 6.52. The number of nitrogens with one attached hydrogen (secondary N) is 1. The zero-order valence-electron chi connectivity index (χ0n) is 12.9. The molecule has 0 unspecified atom stereocenters. The van der Waals surface area contributed by atoms with Gasteiger partial charge in [0.15, 0.2) is 0 Å². The van der Waals surface area contributed by atoms with Crippen molar-refractivity contribution in [1.82, 2.24) is 5.32 Å². The fourth-order valence-electron chi connectivity index (χ4n) is 2.77. The Morgan fingerprint density at radius 1 is 1.29 bits per heavy atom. The third-order valence-electron chi connectivity index (χ3n) is 4.52. The Morgan fingerprint density at radius 2 is 2.10 bits per heavy atom. The Morgan fingerprint density at radius 3 is 2.86 bits per heavy atom. The van der Waals surface area contributed by atoms with E-state index in [2.05, 4.69) is 58.7 Å². The largest absolute Gasteiger partial charge is 0.314 e. The average Bonchev–Trinajstić information content (AvgIpc) is 3.15. The van der Waals surface area contributed by atoms with Gasteiger partial charge in [-0.2, -0.15) is 0 Å². The minimum Gasteiger partial charge on any atom is -0.314 e. The molecule has 3 heteroatoms. The van der Waals surface area contributed by atoms with Gasteiger partial charge in [-0.25, -0.2) is 0 Å². The molecule has 0 aliphatic heterocycles. The molecule has 1 aliphatic carbocycles. The number of aryl methyl sites for hydroxylation is 1. The molecular weight excluding hydrogens is 342 g/mol. The average molecular weight is 366 g/mol. The van der Waals surface area contributed by atoms with Crippen LogP contribution in [-0.4, -0.2) is 12.6 Å². The fourth-order valence-corrected chi connectivity index (χ4v) is 4.43. The highest BCUT2D eigenvalue weighted by atomic mass is 79.9. The van der Waals surface area contributed by atoms with Crippen molar-refractivity contribution in [2.24, 2.45) is 5.41 Å². The highest BCUT2D eigenvalue weighted by Gasteiger charge is 2.23. The molecule has 0 radical (unpaired) electrons. The van der Waals surface area contributed by atoms with Crippen LogP contribution in [0.3, 0.4) is 0 Å². The van der Waals surface area contributed by atoms with Crippen LogP contribution in [0.2, 0.25) is 0 Å². The maximum Gasteiger partial charge on any atom is 0.0487 e. The number of thiophene rings is 1. The molecule has 0 spiro atoms. The smallest absolute Gasteiger partial charge is 0.0487 e. The van der Waals surface area contributed by atoms with Crippen LogP contribution in [0.4, 0.5) is 0 Å². The van der Waals surface area contributed by atoms with Gasteiger partial charge in [-0.1, -0.05) is 26.0 Å². The monoisotopic (exact) mass is 365 g/mol. The van der Waals surface area contributed by atoms with Gasteiger partial charge in [0.2, 0.25) is 0 Å². The first-order chi connectivity index (χ1) is 10.1. The molecule has 0 saturated heterocycles. The number of fused-ring (bicyclic) bond motifs is 1. The Labute approximate surface area is 140 Å². The molecule has 1 heterocycles. The third kappa shape index (κ3) is 4.08. The molecule has 3 rings (SSSR count). The van der Waals surface area contributed by atoms with Gasteiger partial charge in [0.05, 0.1) is 0 Å². The zero-order chi connectivity index (χ0) is 14.9. The second-order valence-electron chi connectivity index (χ2n) is 7.02. The van der Waals surface area contributed by atoms with Gasteiger partial charge in [0, 0.05) is 15.2 Å². The molecule has 21 heavy (non-hydrogen) atoms. The molecule has 2 aromatic rings. The maximum atomic E-state index is 3.66. The normalized spacial score (nSPS) is 15.8. The van der Waals surface area contributed by atoms with Crippen molar-refractivity contribution >= 4 is 37.4 Å². The van der Waals surface area contributed by atoms with Crippen molar-refractivity contribution in [3.05, 3.63) is 33.6 Å². The lowest BCUT2D eigenvalue weighted by Gasteiger charge is -2.24. The summed E-state index contributed by atoms with van der Waals surface area (Å²) < 4.78 is 2.62. The standard InChI is InChI=1S/C18H24BrNS/c1-18(2,10-11-20-14-6-7-14)9-8-13-12-21-17-15(13)4-3-5-16(17)19/h3-5,12,14,20H,6-11H2,1-2H3. The van der Waals surface area contributed by atoms with Crippen molar-refractivity contribution in [3.63, 3.8) is 0 Å². The molecular formula is C18H24BrNS. The van der Waals surface area contributed by atoms with Crippen LogP contribution < -0.4 is 5.32 Å². The van der Waals surface area contributed by atoms with Crippen molar-refractivity contribution in [2.45, 2.75) is 52.0 Å². The summed E-state index contributed by atoms with van der Waals surface area (Å²) in [5.41, 5.74) is 1.93. The van der Waals surface area contributed by atoms with Crippen LogP contribution in [0, 0.1) is 5.41 Å². The summed E-state index contributed by atoms with van der Waals surface area (Å²) in [5, 5.41) is 7.41. The second kappa shape index (κ2) is 6.39. The van der Waals surface area contributed by atoms with Crippen LogP contribution in [0.5, 0.6) is 0 Å². The van der Waals surface area contributed by atoms with E-state index >= 15 is 0 Å². The van der Waals surface area contributed by atoms with E-state index in [-0.39, 0.29) is 0 Å². The Balaban J connectivity index is 1.58. The molecule has 1 aromatic carbocycles. The number of hydrogen-bond acceptors (Lipinski definition) is 2. The fraction of sp³-hybridized carbons (Fsp3) is 0.556. The summed E-state index contributed by atoms with van der Waals surface area (Å²) >= 11 is 5.52. The van der Waals surface area contributed by atoms with Crippen LogP contribution in [0.25, 0.3) is 10.1 Å². The van der Waals surface area contributed by atoms with Crippen LogP contribution in [0.15, 0.2) is 28.1 Å². The minimum atomic E-state index is 0.419. The summed E-state index contributed by atoms with van der Waals surface area (Å²) in [5.74, 6) is 0. The van der Waals surface area contributed by atoms with E-state index < -0.39 is 0 Å². The summed E-state index contributed by atoms with van der Waals surface area (Å²) in [6.45, 7) is 5.99. The zero-order valence-corrected chi connectivity index (χ0v) is 15.3.